The highest BCUT2D eigenvalue weighted by Gasteiger charge is 2.34. The van der Waals surface area contributed by atoms with Gasteiger partial charge in [-0.1, -0.05) is 35.9 Å². The van der Waals surface area contributed by atoms with Crippen molar-refractivity contribution < 1.29 is 14.3 Å². The van der Waals surface area contributed by atoms with E-state index in [1.54, 1.807) is 18.2 Å². The predicted octanol–water partition coefficient (Wildman–Crippen LogP) is 5.17. The number of hydrogen-bond acceptors (Lipinski definition) is 5. The van der Waals surface area contributed by atoms with Crippen molar-refractivity contribution in [1.29, 1.82) is 0 Å². The fraction of sp³-hybridized carbons (Fsp3) is 0.259. The maximum atomic E-state index is 13.3. The van der Waals surface area contributed by atoms with E-state index in [-0.39, 0.29) is 18.2 Å². The van der Waals surface area contributed by atoms with Crippen molar-refractivity contribution in [3.8, 4) is 5.75 Å². The number of halogens is 1. The maximum Gasteiger partial charge on any atom is 0.276 e. The number of nitrogens with zero attached hydrogens (tertiary/aromatic N) is 2. The lowest BCUT2D eigenvalue weighted by Crippen LogP contribution is -2.52. The minimum absolute atomic E-state index is 0.213. The van der Waals surface area contributed by atoms with E-state index in [1.807, 2.05) is 74.4 Å². The molecule has 4 rings (SSSR count). The second-order valence-corrected chi connectivity index (χ2v) is 9.09. The zero-order valence-corrected chi connectivity index (χ0v) is 20.8. The molecular formula is C27H29ClN4O3. The first kappa shape index (κ1) is 24.4. The Labute approximate surface area is 210 Å². The van der Waals surface area contributed by atoms with Crippen LogP contribution < -0.4 is 20.4 Å². The number of aryl methyl sites for hydroxylation is 1. The zero-order valence-electron chi connectivity index (χ0n) is 20.0. The topological polar surface area (TPSA) is 73.9 Å². The summed E-state index contributed by atoms with van der Waals surface area (Å²) in [5.41, 5.74) is 6.90. The number of benzene rings is 3. The van der Waals surface area contributed by atoms with Crippen LogP contribution in [0.1, 0.15) is 40.5 Å². The molecule has 1 atom stereocenters. The molecule has 2 amide bonds. The van der Waals surface area contributed by atoms with Gasteiger partial charge in [0.15, 0.2) is 0 Å². The highest BCUT2D eigenvalue weighted by molar-refractivity contribution is 6.30. The SMILES string of the molecule is Cc1cc(Cl)ccc1OCCCC(=O)NN1C(=O)c2ccccc2NC1c1ccc(N(C)C)cc1. The van der Waals surface area contributed by atoms with Crippen LogP contribution in [0.3, 0.4) is 0 Å². The van der Waals surface area contributed by atoms with Crippen molar-refractivity contribution >= 4 is 34.8 Å². The summed E-state index contributed by atoms with van der Waals surface area (Å²) < 4.78 is 5.79. The van der Waals surface area contributed by atoms with Crippen LogP contribution in [0.25, 0.3) is 0 Å². The Balaban J connectivity index is 1.43. The molecule has 0 saturated carbocycles. The average Bonchev–Trinajstić information content (AvgIpc) is 2.84. The molecule has 0 aliphatic carbocycles. The van der Waals surface area contributed by atoms with Crippen LogP contribution in [0.5, 0.6) is 5.75 Å². The van der Waals surface area contributed by atoms with Crippen LogP contribution in [-0.4, -0.2) is 37.5 Å². The van der Waals surface area contributed by atoms with Gasteiger partial charge in [0, 0.05) is 36.9 Å². The van der Waals surface area contributed by atoms with E-state index in [2.05, 4.69) is 10.7 Å². The molecule has 7 nitrogen and oxygen atoms in total. The number of hydrazine groups is 1. The van der Waals surface area contributed by atoms with E-state index in [1.165, 1.54) is 5.01 Å². The second kappa shape index (κ2) is 10.7. The van der Waals surface area contributed by atoms with E-state index < -0.39 is 6.17 Å². The van der Waals surface area contributed by atoms with E-state index in [0.717, 1.165) is 28.3 Å². The van der Waals surface area contributed by atoms with Gasteiger partial charge in [-0.2, -0.15) is 0 Å². The van der Waals surface area contributed by atoms with E-state index >= 15 is 0 Å². The quantitative estimate of drug-likeness (QED) is 0.424. The summed E-state index contributed by atoms with van der Waals surface area (Å²) in [6.07, 6.45) is 0.178. The Morgan fingerprint density at radius 3 is 2.57 bits per heavy atom. The lowest BCUT2D eigenvalue weighted by molar-refractivity contribution is -0.126. The molecule has 0 aromatic heterocycles. The zero-order chi connectivity index (χ0) is 24.9. The number of carbonyl (C=O) groups is 2. The average molecular weight is 493 g/mol. The minimum atomic E-state index is -0.537. The van der Waals surface area contributed by atoms with E-state index in [0.29, 0.717) is 23.6 Å². The third-order valence-corrected chi connectivity index (χ3v) is 6.07. The smallest absolute Gasteiger partial charge is 0.276 e. The van der Waals surface area contributed by atoms with Crippen LogP contribution in [0.2, 0.25) is 5.02 Å². The van der Waals surface area contributed by atoms with Crippen LogP contribution in [0.15, 0.2) is 66.7 Å². The number of ether oxygens (including phenoxy) is 1. The normalized spacial score (nSPS) is 14.7. The molecule has 2 N–H and O–H groups in total. The molecule has 0 saturated heterocycles. The molecule has 0 radical (unpaired) electrons. The molecule has 1 heterocycles. The molecule has 1 aliphatic heterocycles. The minimum Gasteiger partial charge on any atom is -0.493 e. The van der Waals surface area contributed by atoms with Crippen molar-refractivity contribution in [2.75, 3.05) is 30.9 Å². The summed E-state index contributed by atoms with van der Waals surface area (Å²) in [6, 6.07) is 20.6. The monoisotopic (exact) mass is 492 g/mol. The van der Waals surface area contributed by atoms with Crippen molar-refractivity contribution in [3.63, 3.8) is 0 Å². The maximum absolute atomic E-state index is 13.3. The van der Waals surface area contributed by atoms with Crippen LogP contribution >= 0.6 is 11.6 Å². The third kappa shape index (κ3) is 5.69. The van der Waals surface area contributed by atoms with Crippen LogP contribution in [-0.2, 0) is 4.79 Å². The lowest BCUT2D eigenvalue weighted by atomic mass is 10.0. The van der Waals surface area contributed by atoms with Crippen molar-refractivity contribution in [2.45, 2.75) is 25.9 Å². The van der Waals surface area contributed by atoms with Gasteiger partial charge in [0.1, 0.15) is 11.9 Å². The summed E-state index contributed by atoms with van der Waals surface area (Å²) in [7, 11) is 3.94. The van der Waals surface area contributed by atoms with Gasteiger partial charge in [-0.3, -0.25) is 15.0 Å². The Morgan fingerprint density at radius 2 is 1.86 bits per heavy atom. The van der Waals surface area contributed by atoms with Gasteiger partial charge >= 0.3 is 0 Å². The van der Waals surface area contributed by atoms with Gasteiger partial charge in [-0.05, 0) is 66.9 Å². The number of rotatable bonds is 8. The molecule has 182 valence electrons. The van der Waals surface area contributed by atoms with Gasteiger partial charge in [-0.25, -0.2) is 5.01 Å². The van der Waals surface area contributed by atoms with Gasteiger partial charge in [0.2, 0.25) is 5.91 Å². The van der Waals surface area contributed by atoms with Gasteiger partial charge in [-0.15, -0.1) is 0 Å². The molecule has 0 bridgehead atoms. The molecule has 1 unspecified atom stereocenters. The van der Waals surface area contributed by atoms with E-state index in [4.69, 9.17) is 16.3 Å². The van der Waals surface area contributed by atoms with Gasteiger partial charge < -0.3 is 15.0 Å². The number of nitrogens with one attached hydrogen (secondary N) is 2. The van der Waals surface area contributed by atoms with Gasteiger partial charge in [0.25, 0.3) is 5.91 Å². The molecular weight excluding hydrogens is 464 g/mol. The first-order chi connectivity index (χ1) is 16.8. The van der Waals surface area contributed by atoms with E-state index in [9.17, 15) is 9.59 Å². The highest BCUT2D eigenvalue weighted by atomic mass is 35.5. The first-order valence-electron chi connectivity index (χ1n) is 11.5. The summed E-state index contributed by atoms with van der Waals surface area (Å²) in [5.74, 6) is 0.219. The predicted molar refractivity (Wildman–Crippen MR) is 139 cm³/mol. The Kier molecular flexibility index (Phi) is 7.46. The molecule has 3 aromatic carbocycles. The Morgan fingerprint density at radius 1 is 1.11 bits per heavy atom. The van der Waals surface area contributed by atoms with Gasteiger partial charge in [0.05, 0.1) is 12.2 Å². The molecule has 0 fully saturated rings. The van der Waals surface area contributed by atoms with Crippen LogP contribution in [0, 0.1) is 6.92 Å². The molecule has 3 aromatic rings. The standard InChI is InChI=1S/C27H29ClN4O3/c1-18-17-20(28)12-15-24(18)35-16-6-9-25(33)30-32-26(19-10-13-21(14-11-19)31(2)3)29-23-8-5-4-7-22(23)27(32)34/h4-5,7-8,10-15,17,26,29H,6,9,16H2,1-3H3,(H,30,33). The van der Waals surface area contributed by atoms with Crippen molar-refractivity contribution in [2.24, 2.45) is 0 Å². The number of amides is 2. The number of anilines is 2. The molecule has 0 spiro atoms. The lowest BCUT2D eigenvalue weighted by Gasteiger charge is -2.38. The summed E-state index contributed by atoms with van der Waals surface area (Å²) in [6.45, 7) is 2.30. The molecule has 1 aliphatic rings. The fourth-order valence-electron chi connectivity index (χ4n) is 3.94. The fourth-order valence-corrected chi connectivity index (χ4v) is 4.16. The number of hydrogen-bond donors (Lipinski definition) is 2. The number of fused-ring (bicyclic) bond motifs is 1. The molecule has 8 heteroatoms. The number of para-hydroxylation sites is 1. The first-order valence-corrected chi connectivity index (χ1v) is 11.9. The second-order valence-electron chi connectivity index (χ2n) is 8.65. The van der Waals surface area contributed by atoms with Crippen LogP contribution in [0.4, 0.5) is 11.4 Å². The Bertz CT molecular complexity index is 1210. The Hall–Kier alpha value is -3.71. The molecule has 35 heavy (non-hydrogen) atoms. The highest BCUT2D eigenvalue weighted by Crippen LogP contribution is 2.32. The largest absolute Gasteiger partial charge is 0.493 e. The number of carbonyl (C=O) groups excluding carboxylic acids is 2. The van der Waals surface area contributed by atoms with Crippen molar-refractivity contribution in [1.82, 2.24) is 10.4 Å². The van der Waals surface area contributed by atoms with Crippen molar-refractivity contribution in [3.05, 3.63) is 88.4 Å². The summed E-state index contributed by atoms with van der Waals surface area (Å²) in [5, 5.41) is 5.42. The third-order valence-electron chi connectivity index (χ3n) is 5.84. The summed E-state index contributed by atoms with van der Waals surface area (Å²) in [4.78, 5) is 28.1. The summed E-state index contributed by atoms with van der Waals surface area (Å²) >= 11 is 5.99.